The summed E-state index contributed by atoms with van der Waals surface area (Å²) in [6.45, 7) is 3.92. The predicted molar refractivity (Wildman–Crippen MR) is 98.0 cm³/mol. The summed E-state index contributed by atoms with van der Waals surface area (Å²) in [7, 11) is -3.36. The lowest BCUT2D eigenvalue weighted by molar-refractivity contribution is -0.127. The number of Topliss-reactive ketones (excluding diaryl/α,β-unsaturated/α-hetero) is 1. The molecule has 8 nitrogen and oxygen atoms in total. The van der Waals surface area contributed by atoms with Crippen LogP contribution in [0.25, 0.3) is 0 Å². The average molecular weight is 396 g/mol. The van der Waals surface area contributed by atoms with Crippen LogP contribution in [0.15, 0.2) is 29.2 Å². The fraction of sp³-hybridized carbons (Fsp3) is 0.500. The number of carbonyl (C=O) groups excluding carboxylic acids is 3. The molecule has 1 saturated heterocycles. The van der Waals surface area contributed by atoms with E-state index in [4.69, 9.17) is 4.74 Å². The van der Waals surface area contributed by atoms with Crippen molar-refractivity contribution in [3.05, 3.63) is 29.8 Å². The van der Waals surface area contributed by atoms with Gasteiger partial charge in [0.15, 0.2) is 15.6 Å². The van der Waals surface area contributed by atoms with E-state index in [1.807, 2.05) is 13.8 Å². The maximum absolute atomic E-state index is 12.5. The van der Waals surface area contributed by atoms with Crippen LogP contribution in [0.2, 0.25) is 0 Å². The molecule has 2 N–H and O–H groups in total. The molecule has 1 aliphatic heterocycles. The molecule has 1 aromatic rings. The molecule has 2 rings (SSSR count). The average Bonchev–Trinajstić information content (AvgIpc) is 2.98. The van der Waals surface area contributed by atoms with Crippen LogP contribution in [0.5, 0.6) is 0 Å². The predicted octanol–water partition coefficient (Wildman–Crippen LogP) is 0.319. The van der Waals surface area contributed by atoms with Gasteiger partial charge >= 0.3 is 0 Å². The summed E-state index contributed by atoms with van der Waals surface area (Å²) in [5.41, 5.74) is 0.240. The number of ketones is 1. The second-order valence-corrected chi connectivity index (χ2v) is 9.01. The normalized spacial score (nSPS) is 18.4. The topological polar surface area (TPSA) is 119 Å². The van der Waals surface area contributed by atoms with Gasteiger partial charge in [-0.2, -0.15) is 0 Å². The van der Waals surface area contributed by atoms with Crippen LogP contribution in [-0.2, 0) is 24.2 Å². The van der Waals surface area contributed by atoms with Crippen molar-refractivity contribution >= 4 is 27.4 Å². The highest BCUT2D eigenvalue weighted by Crippen LogP contribution is 2.12. The van der Waals surface area contributed by atoms with Crippen LogP contribution in [0.1, 0.15) is 30.6 Å². The van der Waals surface area contributed by atoms with E-state index in [9.17, 15) is 22.8 Å². The quantitative estimate of drug-likeness (QED) is 0.685. The Balaban J connectivity index is 2.09. The fourth-order valence-electron chi connectivity index (χ4n) is 2.66. The first-order valence-electron chi connectivity index (χ1n) is 8.59. The highest BCUT2D eigenvalue weighted by Gasteiger charge is 2.30. The van der Waals surface area contributed by atoms with Crippen LogP contribution < -0.4 is 10.6 Å². The van der Waals surface area contributed by atoms with E-state index >= 15 is 0 Å². The third-order valence-electron chi connectivity index (χ3n) is 4.11. The number of ether oxygens (including phenoxy) is 1. The Labute approximate surface area is 158 Å². The van der Waals surface area contributed by atoms with E-state index in [0.29, 0.717) is 6.42 Å². The third-order valence-corrected chi connectivity index (χ3v) is 5.24. The number of nitrogens with one attached hydrogen (secondary N) is 2. The summed E-state index contributed by atoms with van der Waals surface area (Å²) in [5.74, 6) is -1.02. The first-order chi connectivity index (χ1) is 12.6. The molecule has 1 fully saturated rings. The molecule has 27 heavy (non-hydrogen) atoms. The molecule has 0 saturated carbocycles. The molecular formula is C18H24N2O6S. The summed E-state index contributed by atoms with van der Waals surface area (Å²) < 4.78 is 28.0. The second-order valence-electron chi connectivity index (χ2n) is 6.99. The molecule has 148 valence electrons. The maximum Gasteiger partial charge on any atom is 0.251 e. The fourth-order valence-corrected chi connectivity index (χ4v) is 3.29. The molecule has 9 heteroatoms. The van der Waals surface area contributed by atoms with Crippen molar-refractivity contribution in [2.24, 2.45) is 5.92 Å². The number of sulfone groups is 1. The first-order valence-corrected chi connectivity index (χ1v) is 10.5. The van der Waals surface area contributed by atoms with Crippen LogP contribution in [0, 0.1) is 5.92 Å². The maximum atomic E-state index is 12.5. The summed E-state index contributed by atoms with van der Waals surface area (Å²) in [5, 5.41) is 5.27. The van der Waals surface area contributed by atoms with Gasteiger partial charge in [-0.3, -0.25) is 14.4 Å². The van der Waals surface area contributed by atoms with Crippen molar-refractivity contribution in [3.63, 3.8) is 0 Å². The Morgan fingerprint density at radius 2 is 1.85 bits per heavy atom. The molecule has 2 atom stereocenters. The van der Waals surface area contributed by atoms with E-state index in [0.717, 1.165) is 6.26 Å². The van der Waals surface area contributed by atoms with Gasteiger partial charge in [0, 0.05) is 11.8 Å². The lowest BCUT2D eigenvalue weighted by Crippen LogP contribution is -2.52. The van der Waals surface area contributed by atoms with Gasteiger partial charge in [-0.1, -0.05) is 13.8 Å². The molecule has 0 spiro atoms. The van der Waals surface area contributed by atoms with E-state index in [1.165, 1.54) is 24.3 Å². The summed E-state index contributed by atoms with van der Waals surface area (Å²) in [6, 6.07) is 3.96. The number of hydrogen-bond acceptors (Lipinski definition) is 6. The van der Waals surface area contributed by atoms with Gasteiger partial charge in [0.05, 0.1) is 11.5 Å². The minimum absolute atomic E-state index is 0.0289. The number of benzene rings is 1. The lowest BCUT2D eigenvalue weighted by atomic mass is 10.0. The molecule has 2 amide bonds. The zero-order chi connectivity index (χ0) is 20.2. The minimum Gasteiger partial charge on any atom is -0.371 e. The Hall–Kier alpha value is -2.26. The summed E-state index contributed by atoms with van der Waals surface area (Å²) in [6.07, 6.45) is 1.47. The van der Waals surface area contributed by atoms with Crippen molar-refractivity contribution < 1.29 is 27.5 Å². The van der Waals surface area contributed by atoms with Gasteiger partial charge in [0.1, 0.15) is 18.7 Å². The largest absolute Gasteiger partial charge is 0.371 e. The molecule has 0 aliphatic carbocycles. The van der Waals surface area contributed by atoms with Crippen molar-refractivity contribution in [2.75, 3.05) is 19.5 Å². The van der Waals surface area contributed by atoms with Gasteiger partial charge in [-0.05, 0) is 36.6 Å². The van der Waals surface area contributed by atoms with Gasteiger partial charge in [0.25, 0.3) is 5.91 Å². The molecule has 1 heterocycles. The monoisotopic (exact) mass is 396 g/mol. The zero-order valence-electron chi connectivity index (χ0n) is 15.5. The Morgan fingerprint density at radius 3 is 2.33 bits per heavy atom. The third kappa shape index (κ3) is 5.86. The van der Waals surface area contributed by atoms with Crippen LogP contribution in [-0.4, -0.2) is 57.6 Å². The lowest BCUT2D eigenvalue weighted by Gasteiger charge is -2.21. The van der Waals surface area contributed by atoms with Gasteiger partial charge in [-0.15, -0.1) is 0 Å². The standard InChI is InChI=1S/C18H24N2O6S/c1-11(2)8-14(18(23)20-15-9-26-10-16(15)21)19-17(22)12-4-6-13(7-5-12)27(3,24)25/h4-7,11,14-15H,8-10H2,1-3H3,(H,19,22)(H,20,23)/t14-,15?/m0/s1. The van der Waals surface area contributed by atoms with E-state index in [-0.39, 0.29) is 35.4 Å². The van der Waals surface area contributed by atoms with Crippen molar-refractivity contribution in [1.82, 2.24) is 10.6 Å². The van der Waals surface area contributed by atoms with Crippen LogP contribution in [0.3, 0.4) is 0 Å². The van der Waals surface area contributed by atoms with Gasteiger partial charge in [0.2, 0.25) is 5.91 Å². The molecule has 0 bridgehead atoms. The van der Waals surface area contributed by atoms with Crippen LogP contribution in [0.4, 0.5) is 0 Å². The molecule has 1 aromatic carbocycles. The first kappa shape index (κ1) is 21.0. The second kappa shape index (κ2) is 8.62. The number of amides is 2. The van der Waals surface area contributed by atoms with Gasteiger partial charge < -0.3 is 15.4 Å². The number of hydrogen-bond donors (Lipinski definition) is 2. The number of rotatable bonds is 7. The van der Waals surface area contributed by atoms with E-state index in [1.54, 1.807) is 0 Å². The highest BCUT2D eigenvalue weighted by atomic mass is 32.2. The Bertz CT molecular complexity index is 817. The van der Waals surface area contributed by atoms with Crippen molar-refractivity contribution in [1.29, 1.82) is 0 Å². The molecule has 1 aliphatic rings. The summed E-state index contributed by atoms with van der Waals surface area (Å²) in [4.78, 5) is 36.7. The summed E-state index contributed by atoms with van der Waals surface area (Å²) >= 11 is 0. The molecule has 0 radical (unpaired) electrons. The van der Waals surface area contributed by atoms with E-state index in [2.05, 4.69) is 10.6 Å². The number of carbonyl (C=O) groups is 3. The smallest absolute Gasteiger partial charge is 0.251 e. The van der Waals surface area contributed by atoms with Crippen molar-refractivity contribution in [3.8, 4) is 0 Å². The Kier molecular flexibility index (Phi) is 6.72. The Morgan fingerprint density at radius 1 is 1.22 bits per heavy atom. The minimum atomic E-state index is -3.36. The SMILES string of the molecule is CC(C)C[C@H](NC(=O)c1ccc(S(C)(=O)=O)cc1)C(=O)NC1COCC1=O. The molecule has 0 aromatic heterocycles. The highest BCUT2D eigenvalue weighted by molar-refractivity contribution is 7.90. The van der Waals surface area contributed by atoms with Gasteiger partial charge in [-0.25, -0.2) is 8.42 Å². The van der Waals surface area contributed by atoms with E-state index < -0.39 is 33.7 Å². The molecule has 1 unspecified atom stereocenters. The van der Waals surface area contributed by atoms with Crippen LogP contribution >= 0.6 is 0 Å². The van der Waals surface area contributed by atoms with Crippen molar-refractivity contribution in [2.45, 2.75) is 37.2 Å². The molecular weight excluding hydrogens is 372 g/mol. The zero-order valence-corrected chi connectivity index (χ0v) is 16.3.